The summed E-state index contributed by atoms with van der Waals surface area (Å²) >= 11 is 12.2. The first-order chi connectivity index (χ1) is 15.8. The molecule has 3 atom stereocenters. The molecule has 3 N–H and O–H groups in total. The molecular formula is C26H29Cl2NO4. The second-order valence-corrected chi connectivity index (χ2v) is 8.89. The number of hydrogen-bond acceptors (Lipinski definition) is 5. The highest BCUT2D eigenvalue weighted by atomic mass is 35.5. The Hall–Kier alpha value is -2.12. The van der Waals surface area contributed by atoms with Crippen LogP contribution in [0, 0.1) is 0 Å². The highest BCUT2D eigenvalue weighted by Gasteiger charge is 2.19. The molecule has 0 aliphatic rings. The van der Waals surface area contributed by atoms with Gasteiger partial charge in [-0.05, 0) is 66.4 Å². The average Bonchev–Trinajstić information content (AvgIpc) is 2.78. The standard InChI is InChI=1S/C26H29Cl2NO4/c1-18(30)33-24-10-8-19(9-11-24)12-13-29(16-25(31)20-4-2-6-22(27)14-20)17-26(32)21-5-3-7-23(28)15-21/h2-11,14-15,18,25-26,30-32H,12-13,16-17H2,1H3. The predicted octanol–water partition coefficient (Wildman–Crippen LogP) is 5.02. The van der Waals surface area contributed by atoms with Crippen molar-refractivity contribution in [2.75, 3.05) is 19.6 Å². The molecule has 5 nitrogen and oxygen atoms in total. The Labute approximate surface area is 204 Å². The van der Waals surface area contributed by atoms with Crippen LogP contribution in [-0.4, -0.2) is 46.1 Å². The molecule has 0 amide bonds. The molecule has 3 aromatic carbocycles. The van der Waals surface area contributed by atoms with Gasteiger partial charge in [-0.1, -0.05) is 59.6 Å². The van der Waals surface area contributed by atoms with E-state index in [1.807, 2.05) is 53.4 Å². The van der Waals surface area contributed by atoms with Gasteiger partial charge in [0.05, 0.1) is 12.2 Å². The average molecular weight is 490 g/mol. The van der Waals surface area contributed by atoms with Gasteiger partial charge in [-0.2, -0.15) is 0 Å². The fourth-order valence-corrected chi connectivity index (χ4v) is 4.00. The van der Waals surface area contributed by atoms with E-state index in [4.69, 9.17) is 27.9 Å². The van der Waals surface area contributed by atoms with E-state index in [1.54, 1.807) is 31.2 Å². The molecule has 0 aliphatic heterocycles. The van der Waals surface area contributed by atoms with Gasteiger partial charge in [0.1, 0.15) is 5.75 Å². The Balaban J connectivity index is 1.70. The number of rotatable bonds is 11. The minimum Gasteiger partial charge on any atom is -0.465 e. The molecule has 3 unspecified atom stereocenters. The maximum atomic E-state index is 10.8. The van der Waals surface area contributed by atoms with Crippen molar-refractivity contribution < 1.29 is 20.1 Å². The third kappa shape index (κ3) is 8.31. The first kappa shape index (κ1) is 25.5. The van der Waals surface area contributed by atoms with Gasteiger partial charge in [0.15, 0.2) is 6.29 Å². The zero-order chi connectivity index (χ0) is 23.8. The van der Waals surface area contributed by atoms with Crippen molar-refractivity contribution in [3.8, 4) is 5.75 Å². The molecule has 0 aromatic heterocycles. The quantitative estimate of drug-likeness (QED) is 0.329. The van der Waals surface area contributed by atoms with Gasteiger partial charge in [0, 0.05) is 29.7 Å². The van der Waals surface area contributed by atoms with E-state index in [0.29, 0.717) is 41.8 Å². The van der Waals surface area contributed by atoms with E-state index < -0.39 is 18.5 Å². The summed E-state index contributed by atoms with van der Waals surface area (Å²) in [7, 11) is 0. The van der Waals surface area contributed by atoms with Gasteiger partial charge < -0.3 is 20.1 Å². The maximum absolute atomic E-state index is 10.8. The maximum Gasteiger partial charge on any atom is 0.194 e. The first-order valence-electron chi connectivity index (χ1n) is 10.8. The molecule has 0 saturated heterocycles. The van der Waals surface area contributed by atoms with Crippen molar-refractivity contribution in [1.82, 2.24) is 4.90 Å². The summed E-state index contributed by atoms with van der Waals surface area (Å²) in [5.74, 6) is 0.596. The van der Waals surface area contributed by atoms with E-state index >= 15 is 0 Å². The number of aliphatic hydroxyl groups excluding tert-OH is 3. The van der Waals surface area contributed by atoms with E-state index in [-0.39, 0.29) is 0 Å². The number of benzene rings is 3. The second-order valence-electron chi connectivity index (χ2n) is 8.01. The molecule has 0 bridgehead atoms. The number of aliphatic hydroxyl groups is 3. The fourth-order valence-electron chi connectivity index (χ4n) is 3.60. The molecule has 33 heavy (non-hydrogen) atoms. The van der Waals surface area contributed by atoms with Crippen LogP contribution in [0.2, 0.25) is 10.0 Å². The van der Waals surface area contributed by atoms with Crippen LogP contribution in [0.4, 0.5) is 0 Å². The van der Waals surface area contributed by atoms with Crippen LogP contribution >= 0.6 is 23.2 Å². The monoisotopic (exact) mass is 489 g/mol. The molecule has 0 heterocycles. The minimum absolute atomic E-state index is 0.335. The SMILES string of the molecule is CC(O)Oc1ccc(CCN(CC(O)c2cccc(Cl)c2)CC(O)c2cccc(Cl)c2)cc1. The van der Waals surface area contributed by atoms with E-state index in [2.05, 4.69) is 0 Å². The number of nitrogens with zero attached hydrogens (tertiary/aromatic N) is 1. The van der Waals surface area contributed by atoms with Crippen LogP contribution in [0.15, 0.2) is 72.8 Å². The van der Waals surface area contributed by atoms with Crippen molar-refractivity contribution in [3.05, 3.63) is 99.5 Å². The van der Waals surface area contributed by atoms with Crippen molar-refractivity contribution in [2.24, 2.45) is 0 Å². The lowest BCUT2D eigenvalue weighted by atomic mass is 10.1. The largest absolute Gasteiger partial charge is 0.465 e. The lowest BCUT2D eigenvalue weighted by Crippen LogP contribution is -2.34. The molecule has 7 heteroatoms. The van der Waals surface area contributed by atoms with Gasteiger partial charge in [-0.15, -0.1) is 0 Å². The smallest absolute Gasteiger partial charge is 0.194 e. The second kappa shape index (κ2) is 12.4. The molecule has 3 rings (SSSR count). The highest BCUT2D eigenvalue weighted by molar-refractivity contribution is 6.30. The molecule has 0 aliphatic carbocycles. The Bertz CT molecular complexity index is 960. The van der Waals surface area contributed by atoms with Gasteiger partial charge in [0.25, 0.3) is 0 Å². The number of ether oxygens (including phenoxy) is 1. The molecule has 0 fully saturated rings. The molecule has 0 saturated carbocycles. The Morgan fingerprint density at radius 1 is 0.788 bits per heavy atom. The summed E-state index contributed by atoms with van der Waals surface area (Å²) in [5, 5.41) is 32.1. The molecule has 176 valence electrons. The van der Waals surface area contributed by atoms with Crippen molar-refractivity contribution in [2.45, 2.75) is 31.8 Å². The number of hydrogen-bond donors (Lipinski definition) is 3. The topological polar surface area (TPSA) is 73.2 Å². The number of halogens is 2. The minimum atomic E-state index is -0.868. The molecule has 3 aromatic rings. The van der Waals surface area contributed by atoms with Gasteiger partial charge in [-0.3, -0.25) is 4.90 Å². The van der Waals surface area contributed by atoms with Crippen LogP contribution in [0.25, 0.3) is 0 Å². The molecule has 0 spiro atoms. The summed E-state index contributed by atoms with van der Waals surface area (Å²) in [5.41, 5.74) is 2.53. The van der Waals surface area contributed by atoms with Crippen molar-refractivity contribution in [3.63, 3.8) is 0 Å². The van der Waals surface area contributed by atoms with Crippen LogP contribution in [0.1, 0.15) is 35.8 Å². The predicted molar refractivity (Wildman–Crippen MR) is 132 cm³/mol. The lowest BCUT2D eigenvalue weighted by molar-refractivity contribution is -0.000305. The summed E-state index contributed by atoms with van der Waals surface area (Å²) in [6.45, 7) is 2.84. The van der Waals surface area contributed by atoms with Gasteiger partial charge >= 0.3 is 0 Å². The summed E-state index contributed by atoms with van der Waals surface area (Å²) in [6, 6.07) is 21.8. The van der Waals surface area contributed by atoms with E-state index in [1.165, 1.54) is 0 Å². The summed E-state index contributed by atoms with van der Waals surface area (Å²) in [6.07, 6.45) is -1.67. The Morgan fingerprint density at radius 3 is 1.76 bits per heavy atom. The van der Waals surface area contributed by atoms with Crippen LogP contribution in [0.3, 0.4) is 0 Å². The Kier molecular flexibility index (Phi) is 9.56. The summed E-state index contributed by atoms with van der Waals surface area (Å²) < 4.78 is 5.27. The van der Waals surface area contributed by atoms with Crippen LogP contribution < -0.4 is 4.74 Å². The Morgan fingerprint density at radius 2 is 1.30 bits per heavy atom. The third-order valence-corrected chi connectivity index (χ3v) is 5.75. The van der Waals surface area contributed by atoms with Crippen LogP contribution in [-0.2, 0) is 6.42 Å². The molecular weight excluding hydrogens is 461 g/mol. The zero-order valence-corrected chi connectivity index (χ0v) is 20.0. The van der Waals surface area contributed by atoms with E-state index in [9.17, 15) is 15.3 Å². The first-order valence-corrected chi connectivity index (χ1v) is 11.6. The summed E-state index contributed by atoms with van der Waals surface area (Å²) in [4.78, 5) is 2.03. The van der Waals surface area contributed by atoms with Gasteiger partial charge in [0.2, 0.25) is 0 Å². The van der Waals surface area contributed by atoms with Crippen molar-refractivity contribution in [1.29, 1.82) is 0 Å². The normalized spacial score (nSPS) is 14.2. The van der Waals surface area contributed by atoms with Crippen molar-refractivity contribution >= 4 is 23.2 Å². The highest BCUT2D eigenvalue weighted by Crippen LogP contribution is 2.23. The van der Waals surface area contributed by atoms with Gasteiger partial charge in [-0.25, -0.2) is 0 Å². The zero-order valence-electron chi connectivity index (χ0n) is 18.4. The van der Waals surface area contributed by atoms with Crippen LogP contribution in [0.5, 0.6) is 5.75 Å². The fraction of sp³-hybridized carbons (Fsp3) is 0.308. The third-order valence-electron chi connectivity index (χ3n) is 5.28. The lowest BCUT2D eigenvalue weighted by Gasteiger charge is -2.28. The molecule has 0 radical (unpaired) electrons. The van der Waals surface area contributed by atoms with E-state index in [0.717, 1.165) is 16.7 Å².